The van der Waals surface area contributed by atoms with Gasteiger partial charge in [-0.05, 0) is 44.9 Å². The predicted molar refractivity (Wildman–Crippen MR) is 98.3 cm³/mol. The second kappa shape index (κ2) is 7.49. The lowest BCUT2D eigenvalue weighted by molar-refractivity contribution is 0.00354. The van der Waals surface area contributed by atoms with Gasteiger partial charge in [0.25, 0.3) is 0 Å². The van der Waals surface area contributed by atoms with Crippen molar-refractivity contribution in [3.63, 3.8) is 0 Å². The summed E-state index contributed by atoms with van der Waals surface area (Å²) in [5.41, 5.74) is 0.204. The second-order valence-corrected chi connectivity index (χ2v) is 7.66. The van der Waals surface area contributed by atoms with Crippen LogP contribution in [0.4, 0.5) is 4.79 Å². The van der Waals surface area contributed by atoms with Crippen LogP contribution in [0.5, 0.6) is 0 Å². The van der Waals surface area contributed by atoms with Crippen molar-refractivity contribution in [3.8, 4) is 0 Å². The first-order chi connectivity index (χ1) is 13.1. The Bertz CT molecular complexity index is 936. The molecular formula is C19H23N3O6. The first-order valence-corrected chi connectivity index (χ1v) is 9.04. The maximum atomic E-state index is 12.7. The van der Waals surface area contributed by atoms with Gasteiger partial charge in [-0.2, -0.15) is 5.10 Å². The zero-order valence-electron chi connectivity index (χ0n) is 16.0. The van der Waals surface area contributed by atoms with Gasteiger partial charge in [0, 0.05) is 12.8 Å². The first-order valence-electron chi connectivity index (χ1n) is 9.04. The summed E-state index contributed by atoms with van der Waals surface area (Å²) >= 11 is 0. The lowest BCUT2D eigenvalue weighted by atomic mass is 10.1. The van der Waals surface area contributed by atoms with Crippen LogP contribution in [-0.2, 0) is 22.4 Å². The highest BCUT2D eigenvalue weighted by Gasteiger charge is 2.28. The minimum absolute atomic E-state index is 0.202. The maximum Gasteiger partial charge on any atom is 0.507 e. The number of carbonyl (C=O) groups is 2. The van der Waals surface area contributed by atoms with E-state index in [4.69, 9.17) is 14.6 Å². The Balaban J connectivity index is 1.78. The number of hydrogen-bond donors (Lipinski definition) is 1. The van der Waals surface area contributed by atoms with E-state index in [1.54, 1.807) is 45.0 Å². The normalized spacial score (nSPS) is 16.3. The summed E-state index contributed by atoms with van der Waals surface area (Å²) in [7, 11) is 0. The highest BCUT2D eigenvalue weighted by atomic mass is 16.7. The van der Waals surface area contributed by atoms with E-state index in [1.165, 1.54) is 9.25 Å². The number of nitrogens with zero attached hydrogens (tertiary/aromatic N) is 3. The maximum absolute atomic E-state index is 12.7. The molecule has 0 saturated heterocycles. The van der Waals surface area contributed by atoms with Gasteiger partial charge in [-0.25, -0.2) is 23.6 Å². The molecule has 2 heterocycles. The fraction of sp³-hybridized carbons (Fsp3) is 0.474. The predicted octanol–water partition coefficient (Wildman–Crippen LogP) is 2.58. The Morgan fingerprint density at radius 1 is 1.25 bits per heavy atom. The first kappa shape index (κ1) is 19.7. The van der Waals surface area contributed by atoms with Crippen molar-refractivity contribution in [3.05, 3.63) is 51.7 Å². The van der Waals surface area contributed by atoms with Gasteiger partial charge >= 0.3 is 17.8 Å². The van der Waals surface area contributed by atoms with Gasteiger partial charge in [-0.1, -0.05) is 12.1 Å². The number of hydrogen-bond acceptors (Lipinski definition) is 6. The number of benzene rings is 1. The number of fused-ring (bicyclic) bond motifs is 1. The van der Waals surface area contributed by atoms with E-state index in [0.29, 0.717) is 30.7 Å². The molecule has 9 nitrogen and oxygen atoms in total. The molecule has 0 saturated carbocycles. The van der Waals surface area contributed by atoms with Crippen molar-refractivity contribution in [2.75, 3.05) is 0 Å². The molecule has 1 aromatic carbocycles. The van der Waals surface area contributed by atoms with E-state index in [-0.39, 0.29) is 6.54 Å². The molecule has 1 aromatic heterocycles. The molecule has 2 aromatic rings. The van der Waals surface area contributed by atoms with Crippen LogP contribution in [-0.4, -0.2) is 37.2 Å². The third-order valence-corrected chi connectivity index (χ3v) is 4.24. The van der Waals surface area contributed by atoms with Crippen LogP contribution < -0.4 is 5.69 Å². The van der Waals surface area contributed by atoms with Gasteiger partial charge in [-0.15, -0.1) is 0 Å². The van der Waals surface area contributed by atoms with Crippen LogP contribution in [0.2, 0.25) is 0 Å². The number of aryl methyl sites for hydroxylation is 1. The molecule has 28 heavy (non-hydrogen) atoms. The van der Waals surface area contributed by atoms with E-state index < -0.39 is 29.6 Å². The highest BCUT2D eigenvalue weighted by Crippen LogP contribution is 2.23. The summed E-state index contributed by atoms with van der Waals surface area (Å²) in [5, 5.41) is 13.2. The zero-order chi connectivity index (χ0) is 20.5. The largest absolute Gasteiger partial charge is 0.507 e. The summed E-state index contributed by atoms with van der Waals surface area (Å²) in [5.74, 6) is 0.0928. The highest BCUT2D eigenvalue weighted by molar-refractivity contribution is 5.89. The van der Waals surface area contributed by atoms with Gasteiger partial charge in [-0.3, -0.25) is 0 Å². The Hall–Kier alpha value is -3.10. The molecule has 0 aliphatic carbocycles. The van der Waals surface area contributed by atoms with E-state index in [1.807, 2.05) is 0 Å². The molecule has 1 aliphatic rings. The Morgan fingerprint density at radius 3 is 2.54 bits per heavy atom. The molecule has 0 radical (unpaired) electrons. The van der Waals surface area contributed by atoms with E-state index in [0.717, 1.165) is 5.56 Å². The van der Waals surface area contributed by atoms with E-state index in [2.05, 4.69) is 5.10 Å². The van der Waals surface area contributed by atoms with Crippen LogP contribution in [0.3, 0.4) is 0 Å². The fourth-order valence-electron chi connectivity index (χ4n) is 3.08. The third kappa shape index (κ3) is 4.41. The molecule has 1 atom stereocenters. The molecule has 0 amide bonds. The van der Waals surface area contributed by atoms with Crippen molar-refractivity contribution in [2.45, 2.75) is 58.4 Å². The van der Waals surface area contributed by atoms with Gasteiger partial charge < -0.3 is 14.6 Å². The molecule has 150 valence electrons. The standard InChI is InChI=1S/C19H23N3O6/c1-19(2,3)28-16(23)13-9-7-12(8-10-13)11-21-17(24)22-14(20-21)5-4-6-15(22)27-18(25)26/h7-10,15H,4-6,11H2,1-3H3,(H,25,26). The number of carbonyl (C=O) groups excluding carboxylic acids is 1. The monoisotopic (exact) mass is 389 g/mol. The van der Waals surface area contributed by atoms with Gasteiger partial charge in [0.15, 0.2) is 6.23 Å². The van der Waals surface area contributed by atoms with Gasteiger partial charge in [0.1, 0.15) is 11.4 Å². The van der Waals surface area contributed by atoms with Crippen molar-refractivity contribution in [1.29, 1.82) is 0 Å². The molecule has 1 unspecified atom stereocenters. The van der Waals surface area contributed by atoms with E-state index in [9.17, 15) is 14.4 Å². The van der Waals surface area contributed by atoms with Crippen LogP contribution >= 0.6 is 0 Å². The summed E-state index contributed by atoms with van der Waals surface area (Å²) in [6.07, 6.45) is -0.555. The lowest BCUT2D eigenvalue weighted by Crippen LogP contribution is -2.33. The molecule has 0 bridgehead atoms. The van der Waals surface area contributed by atoms with Crippen molar-refractivity contribution >= 4 is 12.1 Å². The average molecular weight is 389 g/mol. The van der Waals surface area contributed by atoms with Gasteiger partial charge in [0.2, 0.25) is 0 Å². The average Bonchev–Trinajstić information content (AvgIpc) is 2.90. The topological polar surface area (TPSA) is 113 Å². The molecule has 1 aliphatic heterocycles. The number of esters is 1. The van der Waals surface area contributed by atoms with E-state index >= 15 is 0 Å². The zero-order valence-corrected chi connectivity index (χ0v) is 16.0. The lowest BCUT2D eigenvalue weighted by Gasteiger charge is -2.21. The number of ether oxygens (including phenoxy) is 2. The molecular weight excluding hydrogens is 366 g/mol. The minimum Gasteiger partial charge on any atom is -0.456 e. The SMILES string of the molecule is CC(C)(C)OC(=O)c1ccc(Cn2nc3n(c2=O)C(OC(=O)O)CCC3)cc1. The van der Waals surface area contributed by atoms with Crippen molar-refractivity contribution < 1.29 is 24.2 Å². The summed E-state index contributed by atoms with van der Waals surface area (Å²) in [4.78, 5) is 35.6. The summed E-state index contributed by atoms with van der Waals surface area (Å²) in [6, 6.07) is 6.74. The van der Waals surface area contributed by atoms with Crippen molar-refractivity contribution in [2.24, 2.45) is 0 Å². The molecule has 0 spiro atoms. The molecule has 3 rings (SSSR count). The molecule has 0 fully saturated rings. The van der Waals surface area contributed by atoms with Crippen molar-refractivity contribution in [1.82, 2.24) is 14.3 Å². The minimum atomic E-state index is -1.42. The van der Waals surface area contributed by atoms with Crippen LogP contribution in [0.1, 0.15) is 61.6 Å². The van der Waals surface area contributed by atoms with Crippen LogP contribution in [0.15, 0.2) is 29.1 Å². The van der Waals surface area contributed by atoms with Gasteiger partial charge in [0.05, 0.1) is 12.1 Å². The second-order valence-electron chi connectivity index (χ2n) is 7.66. The summed E-state index contributed by atoms with van der Waals surface area (Å²) in [6.45, 7) is 5.60. The fourth-order valence-corrected chi connectivity index (χ4v) is 3.08. The molecule has 9 heteroatoms. The van der Waals surface area contributed by atoms with Crippen LogP contribution in [0, 0.1) is 0 Å². The number of carboxylic acid groups (broad SMARTS) is 1. The Kier molecular flexibility index (Phi) is 5.26. The molecule has 1 N–H and O–H groups in total. The number of aromatic nitrogens is 3. The quantitative estimate of drug-likeness (QED) is 0.800. The number of rotatable bonds is 4. The Labute approximate surface area is 161 Å². The Morgan fingerprint density at radius 2 is 1.93 bits per heavy atom. The summed E-state index contributed by atoms with van der Waals surface area (Å²) < 4.78 is 12.7. The van der Waals surface area contributed by atoms with Crippen LogP contribution in [0.25, 0.3) is 0 Å². The third-order valence-electron chi connectivity index (χ3n) is 4.24. The smallest absolute Gasteiger partial charge is 0.456 e.